The summed E-state index contributed by atoms with van der Waals surface area (Å²) in [6.45, 7) is 5.22. The second-order valence-corrected chi connectivity index (χ2v) is 6.23. The predicted octanol–water partition coefficient (Wildman–Crippen LogP) is 1.40. The van der Waals surface area contributed by atoms with Crippen molar-refractivity contribution in [3.05, 3.63) is 17.7 Å². The van der Waals surface area contributed by atoms with Crippen LogP contribution in [-0.2, 0) is 9.59 Å². The molecule has 1 rings (SSSR count). The Bertz CT molecular complexity index is 695. The number of hydrogen-bond acceptors (Lipinski definition) is 6. The van der Waals surface area contributed by atoms with Crippen LogP contribution in [-0.4, -0.2) is 68.3 Å². The Morgan fingerprint density at radius 1 is 1.07 bits per heavy atom. The number of nitrogens with one attached hydrogen (secondary N) is 1. The van der Waals surface area contributed by atoms with Gasteiger partial charge in [0, 0.05) is 18.7 Å². The number of carbonyl (C=O) groups is 3. The van der Waals surface area contributed by atoms with E-state index in [0.717, 1.165) is 0 Å². The van der Waals surface area contributed by atoms with Gasteiger partial charge in [-0.25, -0.2) is 0 Å². The van der Waals surface area contributed by atoms with E-state index in [1.54, 1.807) is 13.8 Å². The van der Waals surface area contributed by atoms with Crippen molar-refractivity contribution in [1.29, 1.82) is 0 Å². The molecule has 1 aromatic carbocycles. The van der Waals surface area contributed by atoms with E-state index in [1.807, 2.05) is 0 Å². The zero-order valence-electron chi connectivity index (χ0n) is 17.1. The first-order valence-electron chi connectivity index (χ1n) is 8.82. The molecule has 0 saturated heterocycles. The third-order valence-electron chi connectivity index (χ3n) is 4.25. The fourth-order valence-corrected chi connectivity index (χ4v) is 2.61. The summed E-state index contributed by atoms with van der Waals surface area (Å²) in [5.74, 6) is -1.57. The van der Waals surface area contributed by atoms with E-state index in [0.29, 0.717) is 23.8 Å². The number of carbonyl (C=O) groups excluding carboxylic acids is 2. The number of benzene rings is 1. The van der Waals surface area contributed by atoms with Gasteiger partial charge in [0.15, 0.2) is 11.5 Å². The summed E-state index contributed by atoms with van der Waals surface area (Å²) in [5, 5.41) is 11.7. The highest BCUT2D eigenvalue weighted by molar-refractivity contribution is 5.98. The van der Waals surface area contributed by atoms with Crippen LogP contribution < -0.4 is 19.5 Å². The minimum Gasteiger partial charge on any atom is -0.493 e. The van der Waals surface area contributed by atoms with E-state index in [9.17, 15) is 14.4 Å². The summed E-state index contributed by atoms with van der Waals surface area (Å²) in [6, 6.07) is 2.13. The van der Waals surface area contributed by atoms with Crippen molar-refractivity contribution >= 4 is 17.8 Å². The second-order valence-electron chi connectivity index (χ2n) is 6.23. The first-order valence-corrected chi connectivity index (χ1v) is 8.82. The highest BCUT2D eigenvalue weighted by atomic mass is 16.5. The van der Waals surface area contributed by atoms with Crippen molar-refractivity contribution in [3.8, 4) is 17.2 Å². The summed E-state index contributed by atoms with van der Waals surface area (Å²) in [6.07, 6.45) is 0. The topological polar surface area (TPSA) is 114 Å². The van der Waals surface area contributed by atoms with Gasteiger partial charge in [-0.3, -0.25) is 14.4 Å². The number of ether oxygens (including phenoxy) is 3. The molecular formula is C19H28N2O7. The maximum absolute atomic E-state index is 12.6. The molecule has 1 aromatic rings. The summed E-state index contributed by atoms with van der Waals surface area (Å²) in [4.78, 5) is 37.6. The number of rotatable bonds is 10. The quantitative estimate of drug-likeness (QED) is 0.614. The molecule has 9 heteroatoms. The highest BCUT2D eigenvalue weighted by Gasteiger charge is 2.25. The first-order chi connectivity index (χ1) is 13.2. The Hall–Kier alpha value is -2.97. The lowest BCUT2D eigenvalue weighted by atomic mass is 10.1. The Balaban J connectivity index is 2.96. The van der Waals surface area contributed by atoms with Gasteiger partial charge in [0.25, 0.3) is 5.91 Å². The van der Waals surface area contributed by atoms with Crippen LogP contribution in [0.3, 0.4) is 0 Å². The SMILES string of the molecule is CCN(C[C@H](C)C(=O)O)C(=O)[C@H](C)NC(=O)c1cc(OC)c(OC)c(OC)c1. The lowest BCUT2D eigenvalue weighted by Crippen LogP contribution is -2.48. The van der Waals surface area contributed by atoms with Crippen LogP contribution in [0.1, 0.15) is 31.1 Å². The maximum Gasteiger partial charge on any atom is 0.308 e. The van der Waals surface area contributed by atoms with Gasteiger partial charge < -0.3 is 29.5 Å². The average Bonchev–Trinajstić information content (AvgIpc) is 2.69. The maximum atomic E-state index is 12.6. The minimum atomic E-state index is -0.986. The van der Waals surface area contributed by atoms with E-state index in [2.05, 4.69) is 5.32 Å². The molecule has 0 aliphatic carbocycles. The number of hydrogen-bond donors (Lipinski definition) is 2. The van der Waals surface area contributed by atoms with E-state index >= 15 is 0 Å². The Morgan fingerprint density at radius 3 is 2.00 bits per heavy atom. The molecule has 9 nitrogen and oxygen atoms in total. The fraction of sp³-hybridized carbons (Fsp3) is 0.526. The monoisotopic (exact) mass is 396 g/mol. The summed E-state index contributed by atoms with van der Waals surface area (Å²) in [5.41, 5.74) is 0.233. The summed E-state index contributed by atoms with van der Waals surface area (Å²) in [7, 11) is 4.33. The van der Waals surface area contributed by atoms with E-state index in [4.69, 9.17) is 19.3 Å². The van der Waals surface area contributed by atoms with Gasteiger partial charge in [-0.1, -0.05) is 6.92 Å². The number of aliphatic carboxylic acids is 1. The van der Waals surface area contributed by atoms with Gasteiger partial charge in [0.05, 0.1) is 27.2 Å². The lowest BCUT2D eigenvalue weighted by molar-refractivity contribution is -0.143. The molecular weight excluding hydrogens is 368 g/mol. The number of methoxy groups -OCH3 is 3. The molecule has 0 unspecified atom stereocenters. The molecule has 0 aliphatic heterocycles. The highest BCUT2D eigenvalue weighted by Crippen LogP contribution is 2.38. The Labute approximate surface area is 164 Å². The van der Waals surface area contributed by atoms with Crippen LogP contribution in [0.2, 0.25) is 0 Å². The van der Waals surface area contributed by atoms with Crippen molar-refractivity contribution in [1.82, 2.24) is 10.2 Å². The van der Waals surface area contributed by atoms with Crippen molar-refractivity contribution < 1.29 is 33.7 Å². The molecule has 0 bridgehead atoms. The normalized spacial score (nSPS) is 12.5. The van der Waals surface area contributed by atoms with Crippen LogP contribution in [0.5, 0.6) is 17.2 Å². The molecule has 0 saturated carbocycles. The number of amides is 2. The molecule has 28 heavy (non-hydrogen) atoms. The van der Waals surface area contributed by atoms with Gasteiger partial charge in [0.1, 0.15) is 6.04 Å². The predicted molar refractivity (Wildman–Crippen MR) is 102 cm³/mol. The van der Waals surface area contributed by atoms with Gasteiger partial charge in [-0.05, 0) is 26.0 Å². The van der Waals surface area contributed by atoms with Crippen molar-refractivity contribution in [3.63, 3.8) is 0 Å². The molecule has 2 atom stereocenters. The van der Waals surface area contributed by atoms with Crippen molar-refractivity contribution in [2.24, 2.45) is 5.92 Å². The third-order valence-corrected chi connectivity index (χ3v) is 4.25. The average molecular weight is 396 g/mol. The van der Waals surface area contributed by atoms with Crippen LogP contribution in [0, 0.1) is 5.92 Å². The fourth-order valence-electron chi connectivity index (χ4n) is 2.61. The Morgan fingerprint density at radius 2 is 1.61 bits per heavy atom. The largest absolute Gasteiger partial charge is 0.493 e. The van der Waals surface area contributed by atoms with Crippen molar-refractivity contribution in [2.75, 3.05) is 34.4 Å². The number of likely N-dealkylation sites (N-methyl/N-ethyl adjacent to an activating group) is 1. The zero-order valence-corrected chi connectivity index (χ0v) is 17.1. The van der Waals surface area contributed by atoms with Gasteiger partial charge >= 0.3 is 5.97 Å². The molecule has 2 N–H and O–H groups in total. The minimum absolute atomic E-state index is 0.0645. The molecule has 0 fully saturated rings. The Kier molecular flexibility index (Phi) is 8.56. The van der Waals surface area contributed by atoms with Crippen LogP contribution in [0.15, 0.2) is 12.1 Å². The lowest BCUT2D eigenvalue weighted by Gasteiger charge is -2.26. The zero-order chi connectivity index (χ0) is 21.4. The summed E-state index contributed by atoms with van der Waals surface area (Å²) >= 11 is 0. The number of carboxylic acids is 1. The first kappa shape index (κ1) is 23.1. The van der Waals surface area contributed by atoms with Crippen molar-refractivity contribution in [2.45, 2.75) is 26.8 Å². The van der Waals surface area contributed by atoms with Crippen LogP contribution in [0.4, 0.5) is 0 Å². The molecule has 2 amide bonds. The summed E-state index contributed by atoms with van der Waals surface area (Å²) < 4.78 is 15.7. The molecule has 0 spiro atoms. The van der Waals surface area contributed by atoms with Gasteiger partial charge in [-0.15, -0.1) is 0 Å². The van der Waals surface area contributed by atoms with E-state index in [1.165, 1.54) is 45.3 Å². The van der Waals surface area contributed by atoms with Crippen LogP contribution in [0.25, 0.3) is 0 Å². The van der Waals surface area contributed by atoms with Gasteiger partial charge in [0.2, 0.25) is 11.7 Å². The third kappa shape index (κ3) is 5.51. The number of nitrogens with zero attached hydrogens (tertiary/aromatic N) is 1. The molecule has 0 heterocycles. The standard InChI is InChI=1S/C19H28N2O7/c1-7-21(10-11(2)19(24)25)18(23)12(3)20-17(22)13-8-14(26-4)16(28-6)15(9-13)27-5/h8-9,11-12H,7,10H2,1-6H3,(H,20,22)(H,24,25)/t11-,12-/m0/s1. The molecule has 156 valence electrons. The van der Waals surface area contributed by atoms with Gasteiger partial charge in [-0.2, -0.15) is 0 Å². The molecule has 0 aliphatic rings. The second kappa shape index (κ2) is 10.4. The molecule has 0 aromatic heterocycles. The smallest absolute Gasteiger partial charge is 0.308 e. The number of carboxylic acid groups (broad SMARTS) is 1. The van der Waals surface area contributed by atoms with E-state index < -0.39 is 23.8 Å². The van der Waals surface area contributed by atoms with E-state index in [-0.39, 0.29) is 18.0 Å². The molecule has 0 radical (unpaired) electrons. The van der Waals surface area contributed by atoms with Crippen LogP contribution >= 0.6 is 0 Å².